The molecule has 2 aromatic carbocycles. The van der Waals surface area contributed by atoms with Crippen molar-refractivity contribution >= 4 is 0 Å². The smallest absolute Gasteiger partial charge is 0.399 e. The Hall–Kier alpha value is -2.18. The molecule has 1 fully saturated rings. The Bertz CT molecular complexity index is 892. The second-order valence-electron chi connectivity index (χ2n) is 8.86. The van der Waals surface area contributed by atoms with Crippen molar-refractivity contribution in [1.82, 2.24) is 0 Å². The number of hydrogen-bond donors (Lipinski definition) is 0. The van der Waals surface area contributed by atoms with Crippen LogP contribution in [-0.2, 0) is 0 Å². The van der Waals surface area contributed by atoms with Crippen LogP contribution in [0.4, 0.5) is 26.3 Å². The monoisotopic (exact) mass is 458 g/mol. The maximum absolute atomic E-state index is 14.8. The highest BCUT2D eigenvalue weighted by molar-refractivity contribution is 5.66. The van der Waals surface area contributed by atoms with Gasteiger partial charge in [-0.15, -0.1) is 13.2 Å². The quantitative estimate of drug-likeness (QED) is 0.377. The third kappa shape index (κ3) is 6.20. The average molecular weight is 458 g/mol. The molecule has 0 N–H and O–H groups in total. The van der Waals surface area contributed by atoms with Crippen LogP contribution in [0.2, 0.25) is 0 Å². The van der Waals surface area contributed by atoms with Gasteiger partial charge >= 0.3 is 6.36 Å². The zero-order valence-electron chi connectivity index (χ0n) is 18.2. The highest BCUT2D eigenvalue weighted by atomic mass is 19.4. The van der Waals surface area contributed by atoms with Crippen LogP contribution in [0.15, 0.2) is 30.3 Å². The summed E-state index contributed by atoms with van der Waals surface area (Å²) >= 11 is 0. The molecule has 1 unspecified atom stereocenters. The van der Waals surface area contributed by atoms with Gasteiger partial charge in [-0.05, 0) is 72.8 Å². The zero-order chi connectivity index (χ0) is 23.5. The van der Waals surface area contributed by atoms with Gasteiger partial charge in [0.25, 0.3) is 0 Å². The van der Waals surface area contributed by atoms with Crippen molar-refractivity contribution in [3.63, 3.8) is 0 Å². The molecule has 3 rings (SSSR count). The Balaban J connectivity index is 1.70. The van der Waals surface area contributed by atoms with E-state index in [1.165, 1.54) is 31.4 Å². The van der Waals surface area contributed by atoms with Crippen molar-refractivity contribution in [2.45, 2.75) is 71.1 Å². The van der Waals surface area contributed by atoms with Crippen LogP contribution in [0.3, 0.4) is 0 Å². The van der Waals surface area contributed by atoms with Gasteiger partial charge in [-0.2, -0.15) is 0 Å². The van der Waals surface area contributed by atoms with Crippen molar-refractivity contribution in [1.29, 1.82) is 0 Å². The number of alkyl halides is 3. The zero-order valence-corrected chi connectivity index (χ0v) is 18.2. The summed E-state index contributed by atoms with van der Waals surface area (Å²) in [5.74, 6) is -3.64. The Morgan fingerprint density at radius 1 is 0.938 bits per heavy atom. The molecule has 0 spiro atoms. The van der Waals surface area contributed by atoms with Crippen molar-refractivity contribution in [3.05, 3.63) is 53.3 Å². The Morgan fingerprint density at radius 3 is 2.09 bits per heavy atom. The van der Waals surface area contributed by atoms with E-state index in [-0.39, 0.29) is 17.0 Å². The lowest BCUT2D eigenvalue weighted by atomic mass is 9.76. The number of ether oxygens (including phenoxy) is 1. The minimum Gasteiger partial charge on any atom is -0.399 e. The lowest BCUT2D eigenvalue weighted by molar-refractivity contribution is -0.276. The van der Waals surface area contributed by atoms with E-state index >= 15 is 0 Å². The molecule has 0 aliphatic heterocycles. The molecule has 1 saturated carbocycles. The molecule has 1 aliphatic rings. The molecule has 0 bridgehead atoms. The molecule has 1 aliphatic carbocycles. The van der Waals surface area contributed by atoms with Gasteiger partial charge < -0.3 is 4.74 Å². The molecular weight excluding hydrogens is 430 g/mol. The van der Waals surface area contributed by atoms with E-state index in [0.29, 0.717) is 18.1 Å². The van der Waals surface area contributed by atoms with Gasteiger partial charge in [-0.3, -0.25) is 0 Å². The van der Waals surface area contributed by atoms with Crippen molar-refractivity contribution in [3.8, 4) is 16.9 Å². The topological polar surface area (TPSA) is 9.23 Å². The average Bonchev–Trinajstić information content (AvgIpc) is 2.74. The molecular formula is C25H28F6O. The lowest BCUT2D eigenvalue weighted by Gasteiger charge is -2.29. The SMILES string of the molecule is CCC(C)CCC1CCC(c2ccc(-c3cc(F)c(OC(F)(F)F)c(F)c3)c(F)c2)CC1. The van der Waals surface area contributed by atoms with Crippen LogP contribution in [-0.4, -0.2) is 6.36 Å². The van der Waals surface area contributed by atoms with E-state index in [0.717, 1.165) is 37.2 Å². The van der Waals surface area contributed by atoms with Gasteiger partial charge in [0.1, 0.15) is 5.82 Å². The summed E-state index contributed by atoms with van der Waals surface area (Å²) in [4.78, 5) is 0. The summed E-state index contributed by atoms with van der Waals surface area (Å²) in [5.41, 5.74) is 0.573. The van der Waals surface area contributed by atoms with E-state index in [2.05, 4.69) is 18.6 Å². The summed E-state index contributed by atoms with van der Waals surface area (Å²) in [6.45, 7) is 4.47. The predicted molar refractivity (Wildman–Crippen MR) is 112 cm³/mol. The van der Waals surface area contributed by atoms with Gasteiger partial charge in [-0.25, -0.2) is 13.2 Å². The molecule has 32 heavy (non-hydrogen) atoms. The van der Waals surface area contributed by atoms with Crippen LogP contribution in [0.1, 0.15) is 70.3 Å². The Labute approximate surface area is 184 Å². The van der Waals surface area contributed by atoms with Gasteiger partial charge in [0, 0.05) is 5.56 Å². The molecule has 1 atom stereocenters. The normalized spacial score (nSPS) is 20.2. The second kappa shape index (κ2) is 10.2. The maximum atomic E-state index is 14.8. The molecule has 176 valence electrons. The van der Waals surface area contributed by atoms with Gasteiger partial charge in [0.05, 0.1) is 0 Å². The van der Waals surface area contributed by atoms with Crippen molar-refractivity contribution < 1.29 is 31.1 Å². The fourth-order valence-electron chi connectivity index (χ4n) is 4.46. The van der Waals surface area contributed by atoms with Crippen LogP contribution < -0.4 is 4.74 Å². The first-order valence-corrected chi connectivity index (χ1v) is 11.1. The molecule has 0 heterocycles. The molecule has 0 amide bonds. The molecule has 1 nitrogen and oxygen atoms in total. The van der Waals surface area contributed by atoms with Crippen LogP contribution in [0, 0.1) is 29.3 Å². The van der Waals surface area contributed by atoms with E-state index in [9.17, 15) is 26.3 Å². The van der Waals surface area contributed by atoms with Crippen LogP contribution in [0.25, 0.3) is 11.1 Å². The largest absolute Gasteiger partial charge is 0.573 e. The fraction of sp³-hybridized carbons (Fsp3) is 0.520. The minimum atomic E-state index is -5.23. The first kappa shape index (κ1) is 24.5. The number of benzene rings is 2. The standard InChI is InChI=1S/C25H28F6O/c1-3-15(2)4-5-16-6-8-17(9-7-16)18-10-11-20(21(26)12-18)19-13-22(27)24(23(28)14-19)32-25(29,30)31/h10-17H,3-9H2,1-2H3. The number of halogens is 6. The summed E-state index contributed by atoms with van der Waals surface area (Å²) < 4.78 is 83.1. The predicted octanol–water partition coefficient (Wildman–Crippen LogP) is 8.77. The van der Waals surface area contributed by atoms with E-state index < -0.39 is 29.6 Å². The Morgan fingerprint density at radius 2 is 1.56 bits per heavy atom. The minimum absolute atomic E-state index is 0.0765. The van der Waals surface area contributed by atoms with Gasteiger partial charge in [-0.1, -0.05) is 45.2 Å². The third-order valence-corrected chi connectivity index (χ3v) is 6.60. The number of hydrogen-bond acceptors (Lipinski definition) is 1. The lowest BCUT2D eigenvalue weighted by Crippen LogP contribution is -2.19. The van der Waals surface area contributed by atoms with Gasteiger partial charge in [0.15, 0.2) is 11.6 Å². The third-order valence-electron chi connectivity index (χ3n) is 6.60. The molecule has 2 aromatic rings. The summed E-state index contributed by atoms with van der Waals surface area (Å²) in [6.07, 6.45) is 2.54. The number of rotatable bonds is 7. The first-order valence-electron chi connectivity index (χ1n) is 11.1. The molecule has 0 radical (unpaired) electrons. The first-order chi connectivity index (χ1) is 15.1. The molecule has 0 saturated heterocycles. The fourth-order valence-corrected chi connectivity index (χ4v) is 4.46. The summed E-state index contributed by atoms with van der Waals surface area (Å²) in [7, 11) is 0. The molecule has 7 heteroatoms. The van der Waals surface area contributed by atoms with Crippen molar-refractivity contribution in [2.24, 2.45) is 11.8 Å². The summed E-state index contributed by atoms with van der Waals surface area (Å²) in [5, 5.41) is 0. The maximum Gasteiger partial charge on any atom is 0.573 e. The van der Waals surface area contributed by atoms with E-state index in [1.54, 1.807) is 6.07 Å². The second-order valence-corrected chi connectivity index (χ2v) is 8.86. The summed E-state index contributed by atoms with van der Waals surface area (Å²) in [6, 6.07) is 5.82. The van der Waals surface area contributed by atoms with Gasteiger partial charge in [0.2, 0.25) is 5.75 Å². The van der Waals surface area contributed by atoms with Crippen LogP contribution >= 0.6 is 0 Å². The van der Waals surface area contributed by atoms with Crippen LogP contribution in [0.5, 0.6) is 5.75 Å². The van der Waals surface area contributed by atoms with Crippen molar-refractivity contribution in [2.75, 3.05) is 0 Å². The highest BCUT2D eigenvalue weighted by Gasteiger charge is 2.34. The van der Waals surface area contributed by atoms with E-state index in [4.69, 9.17) is 0 Å². The molecule has 0 aromatic heterocycles. The highest BCUT2D eigenvalue weighted by Crippen LogP contribution is 2.40. The Kier molecular flexibility index (Phi) is 7.78. The van der Waals surface area contributed by atoms with E-state index in [1.807, 2.05) is 0 Å².